The Balaban J connectivity index is 1.75. The quantitative estimate of drug-likeness (QED) is 0.334. The molecule has 0 unspecified atom stereocenters. The summed E-state index contributed by atoms with van der Waals surface area (Å²) in [6, 6.07) is 11.4. The predicted molar refractivity (Wildman–Crippen MR) is 105 cm³/mol. The molecular formula is C24H28F2. The summed E-state index contributed by atoms with van der Waals surface area (Å²) in [5.74, 6) is 4.63. The fourth-order valence-electron chi connectivity index (χ4n) is 2.95. The van der Waals surface area contributed by atoms with Crippen molar-refractivity contribution in [2.24, 2.45) is 0 Å². The Hall–Kier alpha value is -2.14. The molecule has 0 aromatic heterocycles. The van der Waals surface area contributed by atoms with E-state index in [4.69, 9.17) is 0 Å². The smallest absolute Gasteiger partial charge is 0.139 e. The first-order valence-electron chi connectivity index (χ1n) is 9.75. The first-order valence-corrected chi connectivity index (χ1v) is 9.75. The Kier molecular flexibility index (Phi) is 8.90. The van der Waals surface area contributed by atoms with Gasteiger partial charge in [0, 0.05) is 5.56 Å². The molecule has 26 heavy (non-hydrogen) atoms. The second-order valence-electron chi connectivity index (χ2n) is 6.80. The van der Waals surface area contributed by atoms with Gasteiger partial charge in [0.2, 0.25) is 0 Å². The van der Waals surface area contributed by atoms with Crippen molar-refractivity contribution >= 4 is 0 Å². The van der Waals surface area contributed by atoms with Gasteiger partial charge in [-0.05, 0) is 48.7 Å². The number of unbranched alkanes of at least 4 members (excludes halogenated alkanes) is 7. The third-order valence-electron chi connectivity index (χ3n) is 4.54. The van der Waals surface area contributed by atoms with Crippen LogP contribution < -0.4 is 0 Å². The van der Waals surface area contributed by atoms with E-state index in [1.54, 1.807) is 0 Å². The Bertz CT molecular complexity index is 720. The van der Waals surface area contributed by atoms with Gasteiger partial charge in [-0.25, -0.2) is 8.78 Å². The molecular weight excluding hydrogens is 326 g/mol. The zero-order chi connectivity index (χ0) is 18.6. The van der Waals surface area contributed by atoms with Crippen LogP contribution in [0.3, 0.4) is 0 Å². The Labute approximate surface area is 156 Å². The second kappa shape index (κ2) is 11.5. The van der Waals surface area contributed by atoms with Crippen molar-refractivity contribution in [3.8, 4) is 11.8 Å². The molecule has 2 aromatic carbocycles. The molecule has 2 heteroatoms. The summed E-state index contributed by atoms with van der Waals surface area (Å²) in [5, 5.41) is 0. The van der Waals surface area contributed by atoms with Crippen LogP contribution in [0.1, 0.15) is 75.0 Å². The standard InChI is InChI=1S/C24H28F2/c1-2-3-4-5-6-7-8-9-10-20-11-13-21(14-12-20)15-16-22-19-23(25)17-18-24(22)26/h11-14,17-19H,2-10H2,1H3. The summed E-state index contributed by atoms with van der Waals surface area (Å²) in [4.78, 5) is 0. The molecule has 0 aliphatic carbocycles. The van der Waals surface area contributed by atoms with Crippen LogP contribution in [0.25, 0.3) is 0 Å². The Morgan fingerprint density at radius 1 is 0.731 bits per heavy atom. The van der Waals surface area contributed by atoms with E-state index in [2.05, 4.69) is 30.9 Å². The monoisotopic (exact) mass is 354 g/mol. The van der Waals surface area contributed by atoms with Gasteiger partial charge in [-0.3, -0.25) is 0 Å². The van der Waals surface area contributed by atoms with Gasteiger partial charge < -0.3 is 0 Å². The minimum absolute atomic E-state index is 0.0908. The van der Waals surface area contributed by atoms with Crippen LogP contribution in [-0.4, -0.2) is 0 Å². The van der Waals surface area contributed by atoms with Crippen molar-refractivity contribution in [1.29, 1.82) is 0 Å². The highest BCUT2D eigenvalue weighted by molar-refractivity contribution is 5.44. The van der Waals surface area contributed by atoms with Gasteiger partial charge in [0.1, 0.15) is 11.6 Å². The van der Waals surface area contributed by atoms with E-state index in [9.17, 15) is 8.78 Å². The number of hydrogen-bond acceptors (Lipinski definition) is 0. The van der Waals surface area contributed by atoms with Crippen LogP contribution in [0.5, 0.6) is 0 Å². The normalized spacial score (nSPS) is 10.4. The fraction of sp³-hybridized carbons (Fsp3) is 0.417. The maximum absolute atomic E-state index is 13.6. The Morgan fingerprint density at radius 3 is 2.08 bits per heavy atom. The van der Waals surface area contributed by atoms with Gasteiger partial charge >= 0.3 is 0 Å². The van der Waals surface area contributed by atoms with Crippen molar-refractivity contribution in [2.75, 3.05) is 0 Å². The van der Waals surface area contributed by atoms with Crippen LogP contribution >= 0.6 is 0 Å². The van der Waals surface area contributed by atoms with E-state index in [0.717, 1.165) is 30.2 Å². The van der Waals surface area contributed by atoms with Crippen molar-refractivity contribution in [3.63, 3.8) is 0 Å². The molecule has 0 saturated heterocycles. The summed E-state index contributed by atoms with van der Waals surface area (Å²) in [5.41, 5.74) is 2.21. The molecule has 2 aromatic rings. The number of benzene rings is 2. The van der Waals surface area contributed by atoms with Crippen molar-refractivity contribution < 1.29 is 8.78 Å². The number of halogens is 2. The highest BCUT2D eigenvalue weighted by Crippen LogP contribution is 2.13. The zero-order valence-electron chi connectivity index (χ0n) is 15.7. The molecule has 2 rings (SSSR count). The molecule has 0 saturated carbocycles. The lowest BCUT2D eigenvalue weighted by molar-refractivity contribution is 0.575. The van der Waals surface area contributed by atoms with Gasteiger partial charge in [0.25, 0.3) is 0 Å². The first kappa shape index (κ1) is 20.2. The molecule has 0 amide bonds. The van der Waals surface area contributed by atoms with Crippen LogP contribution in [0, 0.1) is 23.5 Å². The molecule has 0 bridgehead atoms. The fourth-order valence-corrected chi connectivity index (χ4v) is 2.95. The van der Waals surface area contributed by atoms with Gasteiger partial charge in [0.15, 0.2) is 0 Å². The van der Waals surface area contributed by atoms with E-state index in [1.807, 2.05) is 12.1 Å². The van der Waals surface area contributed by atoms with Crippen LogP contribution in [0.15, 0.2) is 42.5 Å². The van der Waals surface area contributed by atoms with Crippen molar-refractivity contribution in [1.82, 2.24) is 0 Å². The van der Waals surface area contributed by atoms with Gasteiger partial charge in [0.05, 0.1) is 5.56 Å². The molecule has 0 fully saturated rings. The second-order valence-corrected chi connectivity index (χ2v) is 6.80. The maximum atomic E-state index is 13.6. The zero-order valence-corrected chi connectivity index (χ0v) is 15.7. The van der Waals surface area contributed by atoms with Gasteiger partial charge in [-0.2, -0.15) is 0 Å². The maximum Gasteiger partial charge on any atom is 0.139 e. The molecule has 0 atom stereocenters. The van der Waals surface area contributed by atoms with E-state index >= 15 is 0 Å². The van der Waals surface area contributed by atoms with Gasteiger partial charge in [-0.15, -0.1) is 0 Å². The molecule has 0 heterocycles. The third kappa shape index (κ3) is 7.40. The number of hydrogen-bond donors (Lipinski definition) is 0. The highest BCUT2D eigenvalue weighted by Gasteiger charge is 2.00. The van der Waals surface area contributed by atoms with E-state index in [0.29, 0.717) is 0 Å². The summed E-state index contributed by atoms with van der Waals surface area (Å²) >= 11 is 0. The molecule has 0 N–H and O–H groups in total. The largest absolute Gasteiger partial charge is 0.207 e. The van der Waals surface area contributed by atoms with E-state index in [1.165, 1.54) is 56.9 Å². The predicted octanol–water partition coefficient (Wildman–Crippen LogP) is 7.05. The minimum atomic E-state index is -0.495. The van der Waals surface area contributed by atoms with Crippen LogP contribution in [0.2, 0.25) is 0 Å². The molecule has 0 aliphatic heterocycles. The summed E-state index contributed by atoms with van der Waals surface area (Å²) in [6.45, 7) is 2.25. The molecule has 0 aliphatic rings. The van der Waals surface area contributed by atoms with Crippen LogP contribution in [-0.2, 0) is 6.42 Å². The lowest BCUT2D eigenvalue weighted by Gasteiger charge is -2.03. The number of aryl methyl sites for hydroxylation is 1. The molecule has 0 spiro atoms. The SMILES string of the molecule is CCCCCCCCCCc1ccc(C#Cc2cc(F)ccc2F)cc1. The van der Waals surface area contributed by atoms with Gasteiger partial charge in [-0.1, -0.05) is 75.8 Å². The molecule has 0 nitrogen and oxygen atoms in total. The van der Waals surface area contributed by atoms with E-state index in [-0.39, 0.29) is 5.56 Å². The first-order chi connectivity index (χ1) is 12.7. The minimum Gasteiger partial charge on any atom is -0.207 e. The lowest BCUT2D eigenvalue weighted by Crippen LogP contribution is -1.88. The molecule has 0 radical (unpaired) electrons. The average molecular weight is 354 g/mol. The number of rotatable bonds is 9. The highest BCUT2D eigenvalue weighted by atomic mass is 19.1. The summed E-state index contributed by atoms with van der Waals surface area (Å²) in [6.07, 6.45) is 11.7. The summed E-state index contributed by atoms with van der Waals surface area (Å²) < 4.78 is 26.7. The van der Waals surface area contributed by atoms with E-state index < -0.39 is 11.6 Å². The topological polar surface area (TPSA) is 0 Å². The summed E-state index contributed by atoms with van der Waals surface area (Å²) in [7, 11) is 0. The molecule has 138 valence electrons. The Morgan fingerprint density at radius 2 is 1.38 bits per heavy atom. The average Bonchev–Trinajstić information content (AvgIpc) is 2.65. The lowest BCUT2D eigenvalue weighted by atomic mass is 10.0. The van der Waals surface area contributed by atoms with Crippen molar-refractivity contribution in [2.45, 2.75) is 64.7 Å². The van der Waals surface area contributed by atoms with Crippen LogP contribution in [0.4, 0.5) is 8.78 Å². The van der Waals surface area contributed by atoms with Crippen molar-refractivity contribution in [3.05, 3.63) is 70.8 Å². The third-order valence-corrected chi connectivity index (χ3v) is 4.54.